The van der Waals surface area contributed by atoms with Crippen LogP contribution in [0.4, 0.5) is 5.82 Å². The van der Waals surface area contributed by atoms with Crippen molar-refractivity contribution in [1.29, 1.82) is 0 Å². The highest BCUT2D eigenvalue weighted by atomic mass is 16.5. The topological polar surface area (TPSA) is 74.4 Å². The Labute approximate surface area is 134 Å². The highest BCUT2D eigenvalue weighted by molar-refractivity contribution is 5.87. The molecule has 0 bridgehead atoms. The van der Waals surface area contributed by atoms with Gasteiger partial charge in [-0.25, -0.2) is 9.97 Å². The lowest BCUT2D eigenvalue weighted by Crippen LogP contribution is -2.47. The van der Waals surface area contributed by atoms with Gasteiger partial charge in [-0.15, -0.1) is 0 Å². The number of morpholine rings is 1. The minimum Gasteiger partial charge on any atom is -0.378 e. The molecule has 0 aliphatic carbocycles. The molecule has 7 heteroatoms. The summed E-state index contributed by atoms with van der Waals surface area (Å²) in [5, 5.41) is 1.05. The van der Waals surface area contributed by atoms with Gasteiger partial charge < -0.3 is 19.5 Å². The molecule has 7 nitrogen and oxygen atoms in total. The molecule has 1 N–H and O–H groups in total. The van der Waals surface area contributed by atoms with Crippen molar-refractivity contribution in [1.82, 2.24) is 19.9 Å². The van der Waals surface area contributed by atoms with Crippen molar-refractivity contribution >= 4 is 22.8 Å². The zero-order valence-electron chi connectivity index (χ0n) is 13.1. The van der Waals surface area contributed by atoms with Gasteiger partial charge >= 0.3 is 0 Å². The van der Waals surface area contributed by atoms with E-state index >= 15 is 0 Å². The highest BCUT2D eigenvalue weighted by Crippen LogP contribution is 2.27. The fourth-order valence-corrected chi connectivity index (χ4v) is 3.49. The van der Waals surface area contributed by atoms with Crippen LogP contribution < -0.4 is 4.90 Å². The zero-order chi connectivity index (χ0) is 15.6. The number of ether oxygens (including phenoxy) is 1. The molecule has 2 fully saturated rings. The molecule has 2 aromatic heterocycles. The summed E-state index contributed by atoms with van der Waals surface area (Å²) in [5.74, 6) is 1.39. The summed E-state index contributed by atoms with van der Waals surface area (Å²) in [5.41, 5.74) is 0.863. The van der Waals surface area contributed by atoms with Gasteiger partial charge in [0.2, 0.25) is 5.91 Å². The molecule has 1 amide bonds. The van der Waals surface area contributed by atoms with Crippen LogP contribution in [0, 0.1) is 5.92 Å². The molecule has 2 aromatic rings. The number of rotatable bonds is 2. The monoisotopic (exact) mass is 315 g/mol. The van der Waals surface area contributed by atoms with Gasteiger partial charge in [-0.1, -0.05) is 0 Å². The third-order valence-corrected chi connectivity index (χ3v) is 4.80. The van der Waals surface area contributed by atoms with Crippen LogP contribution in [0.15, 0.2) is 18.6 Å². The zero-order valence-corrected chi connectivity index (χ0v) is 13.1. The molecule has 0 spiro atoms. The second kappa shape index (κ2) is 6.16. The number of fused-ring (bicyclic) bond motifs is 1. The van der Waals surface area contributed by atoms with Crippen molar-refractivity contribution in [2.45, 2.75) is 12.8 Å². The first-order valence-corrected chi connectivity index (χ1v) is 8.22. The number of aromatic amines is 1. The predicted octanol–water partition coefficient (Wildman–Crippen LogP) is 1.03. The van der Waals surface area contributed by atoms with E-state index < -0.39 is 0 Å². The van der Waals surface area contributed by atoms with Crippen LogP contribution in [0.3, 0.4) is 0 Å². The molecule has 122 valence electrons. The van der Waals surface area contributed by atoms with Gasteiger partial charge in [0.25, 0.3) is 0 Å². The maximum Gasteiger partial charge on any atom is 0.225 e. The number of anilines is 1. The quantitative estimate of drug-likeness (QED) is 0.896. The number of hydrogen-bond donors (Lipinski definition) is 1. The molecule has 2 aliphatic rings. The normalized spacial score (nSPS) is 20.2. The second-order valence-electron chi connectivity index (χ2n) is 6.14. The number of amides is 1. The molecule has 0 atom stereocenters. The molecule has 4 rings (SSSR count). The number of hydrogen-bond acceptors (Lipinski definition) is 5. The molecule has 0 saturated carbocycles. The van der Waals surface area contributed by atoms with Crippen molar-refractivity contribution in [2.24, 2.45) is 5.92 Å². The Morgan fingerprint density at radius 3 is 2.74 bits per heavy atom. The van der Waals surface area contributed by atoms with Gasteiger partial charge in [0.15, 0.2) is 0 Å². The number of piperidine rings is 1. The lowest BCUT2D eigenvalue weighted by atomic mass is 9.95. The summed E-state index contributed by atoms with van der Waals surface area (Å²) in [7, 11) is 0. The molecule has 0 aromatic carbocycles. The summed E-state index contributed by atoms with van der Waals surface area (Å²) < 4.78 is 5.33. The van der Waals surface area contributed by atoms with Crippen molar-refractivity contribution in [2.75, 3.05) is 44.3 Å². The Morgan fingerprint density at radius 1 is 1.17 bits per heavy atom. The van der Waals surface area contributed by atoms with E-state index in [1.54, 1.807) is 6.33 Å². The first-order valence-electron chi connectivity index (χ1n) is 8.22. The molecule has 0 radical (unpaired) electrons. The first kappa shape index (κ1) is 14.4. The average molecular weight is 315 g/mol. The Bertz CT molecular complexity index is 687. The minimum absolute atomic E-state index is 0.132. The predicted molar refractivity (Wildman–Crippen MR) is 86.2 cm³/mol. The van der Waals surface area contributed by atoms with Crippen molar-refractivity contribution < 1.29 is 9.53 Å². The smallest absolute Gasteiger partial charge is 0.225 e. The van der Waals surface area contributed by atoms with E-state index in [4.69, 9.17) is 4.74 Å². The number of carbonyl (C=O) groups is 1. The van der Waals surface area contributed by atoms with Crippen LogP contribution in [0.2, 0.25) is 0 Å². The van der Waals surface area contributed by atoms with Crippen LogP contribution in [-0.4, -0.2) is 65.2 Å². The Kier molecular flexibility index (Phi) is 3.87. The van der Waals surface area contributed by atoms with Gasteiger partial charge in [-0.3, -0.25) is 4.79 Å². The summed E-state index contributed by atoms with van der Waals surface area (Å²) in [6, 6.07) is 2.01. The summed E-state index contributed by atoms with van der Waals surface area (Å²) in [6.45, 7) is 4.51. The van der Waals surface area contributed by atoms with E-state index in [0.717, 1.165) is 55.9 Å². The van der Waals surface area contributed by atoms with Crippen LogP contribution >= 0.6 is 0 Å². The molecule has 2 saturated heterocycles. The van der Waals surface area contributed by atoms with Gasteiger partial charge in [0.1, 0.15) is 17.8 Å². The average Bonchev–Trinajstić information content (AvgIpc) is 3.11. The third-order valence-electron chi connectivity index (χ3n) is 4.80. The van der Waals surface area contributed by atoms with Gasteiger partial charge in [0, 0.05) is 38.3 Å². The number of H-pyrrole nitrogens is 1. The molecule has 4 heterocycles. The van der Waals surface area contributed by atoms with Crippen molar-refractivity contribution in [3.05, 3.63) is 18.6 Å². The van der Waals surface area contributed by atoms with Crippen LogP contribution in [0.5, 0.6) is 0 Å². The molecule has 0 unspecified atom stereocenters. The van der Waals surface area contributed by atoms with Gasteiger partial charge in [-0.05, 0) is 18.9 Å². The SMILES string of the molecule is O=C(C1CCN(c2ncnc3[nH]ccc23)CC1)N1CCOCC1. The Morgan fingerprint density at radius 2 is 1.96 bits per heavy atom. The molecule has 2 aliphatic heterocycles. The van der Waals surface area contributed by atoms with E-state index in [2.05, 4.69) is 19.9 Å². The molecule has 23 heavy (non-hydrogen) atoms. The number of nitrogens with one attached hydrogen (secondary N) is 1. The maximum atomic E-state index is 12.6. The Hall–Kier alpha value is -2.15. The fraction of sp³-hybridized carbons (Fsp3) is 0.562. The number of carbonyl (C=O) groups excluding carboxylic acids is 1. The van der Waals surface area contributed by atoms with Crippen LogP contribution in [0.25, 0.3) is 11.0 Å². The standard InChI is InChI=1S/C16H21N5O2/c22-16(21-7-9-23-10-8-21)12-2-5-20(6-3-12)15-13-1-4-17-14(13)18-11-19-15/h1,4,11-12H,2-3,5-10H2,(H,17,18,19). The summed E-state index contributed by atoms with van der Waals surface area (Å²) in [6.07, 6.45) is 5.24. The maximum absolute atomic E-state index is 12.6. The molecular weight excluding hydrogens is 294 g/mol. The van der Waals surface area contributed by atoms with E-state index in [1.165, 1.54) is 0 Å². The lowest BCUT2D eigenvalue weighted by Gasteiger charge is -2.36. The summed E-state index contributed by atoms with van der Waals surface area (Å²) >= 11 is 0. The summed E-state index contributed by atoms with van der Waals surface area (Å²) in [4.78, 5) is 28.6. The first-order chi connectivity index (χ1) is 11.3. The van der Waals surface area contributed by atoms with Crippen LogP contribution in [-0.2, 0) is 9.53 Å². The van der Waals surface area contributed by atoms with E-state index in [-0.39, 0.29) is 5.92 Å². The number of nitrogens with zero attached hydrogens (tertiary/aromatic N) is 4. The van der Waals surface area contributed by atoms with E-state index in [0.29, 0.717) is 19.1 Å². The Balaban J connectivity index is 1.42. The van der Waals surface area contributed by atoms with Crippen molar-refractivity contribution in [3.63, 3.8) is 0 Å². The van der Waals surface area contributed by atoms with Crippen molar-refractivity contribution in [3.8, 4) is 0 Å². The minimum atomic E-state index is 0.132. The van der Waals surface area contributed by atoms with E-state index in [1.807, 2.05) is 17.2 Å². The fourth-order valence-electron chi connectivity index (χ4n) is 3.49. The van der Waals surface area contributed by atoms with Gasteiger partial charge in [-0.2, -0.15) is 0 Å². The lowest BCUT2D eigenvalue weighted by molar-refractivity contribution is -0.140. The highest BCUT2D eigenvalue weighted by Gasteiger charge is 2.30. The van der Waals surface area contributed by atoms with E-state index in [9.17, 15) is 4.79 Å². The molecular formula is C16H21N5O2. The van der Waals surface area contributed by atoms with Crippen LogP contribution in [0.1, 0.15) is 12.8 Å². The second-order valence-corrected chi connectivity index (χ2v) is 6.14. The van der Waals surface area contributed by atoms with Gasteiger partial charge in [0.05, 0.1) is 18.6 Å². The number of aromatic nitrogens is 3. The largest absolute Gasteiger partial charge is 0.378 e. The third kappa shape index (κ3) is 2.76.